The first kappa shape index (κ1) is 38.1. The molecule has 0 radical (unpaired) electrons. The Morgan fingerprint density at radius 1 is 0.980 bits per heavy atom. The predicted octanol–water partition coefficient (Wildman–Crippen LogP) is 7.08. The number of aryl methyl sites for hydroxylation is 1. The summed E-state index contributed by atoms with van der Waals surface area (Å²) >= 11 is 0. The summed E-state index contributed by atoms with van der Waals surface area (Å²) in [5.41, 5.74) is 8.11. The number of ether oxygens (including phenoxy) is 2. The van der Waals surface area contributed by atoms with Crippen LogP contribution in [0.5, 0.6) is 5.75 Å². The number of unbranched alkanes of at least 4 members (excludes halogenated alkanes) is 2. The van der Waals surface area contributed by atoms with E-state index in [1.54, 1.807) is 4.90 Å². The van der Waals surface area contributed by atoms with Gasteiger partial charge < -0.3 is 30.7 Å². The number of halogens is 2. The lowest BCUT2D eigenvalue weighted by atomic mass is 9.82. The Bertz CT molecular complexity index is 1380. The Kier molecular flexibility index (Phi) is 14.7. The van der Waals surface area contributed by atoms with E-state index in [4.69, 9.17) is 10.5 Å². The zero-order chi connectivity index (χ0) is 35.3. The molecule has 3 atom stereocenters. The van der Waals surface area contributed by atoms with Crippen LogP contribution >= 0.6 is 0 Å². The largest absolute Gasteiger partial charge is 0.490 e. The summed E-state index contributed by atoms with van der Waals surface area (Å²) in [6, 6.07) is 9.02. The third-order valence-electron chi connectivity index (χ3n) is 9.73. The number of likely N-dealkylation sites (tertiary alicyclic amines) is 1. The number of nitrogens with two attached hydrogens (primary N) is 1. The van der Waals surface area contributed by atoms with Gasteiger partial charge in [-0.05, 0) is 98.9 Å². The van der Waals surface area contributed by atoms with Crippen molar-refractivity contribution in [2.75, 3.05) is 32.1 Å². The highest BCUT2D eigenvalue weighted by Gasteiger charge is 2.40. The van der Waals surface area contributed by atoms with Crippen molar-refractivity contribution in [3.05, 3.63) is 59.2 Å². The lowest BCUT2D eigenvalue weighted by Crippen LogP contribution is -2.58. The number of anilines is 1. The normalized spacial score (nSPS) is 18.2. The van der Waals surface area contributed by atoms with Crippen LogP contribution in [0, 0.1) is 23.5 Å². The van der Waals surface area contributed by atoms with E-state index < -0.39 is 35.7 Å². The quantitative estimate of drug-likeness (QED) is 0.163. The fourth-order valence-electron chi connectivity index (χ4n) is 7.16. The minimum Gasteiger partial charge on any atom is -0.490 e. The van der Waals surface area contributed by atoms with Gasteiger partial charge in [0.15, 0.2) is 11.6 Å². The third kappa shape index (κ3) is 11.1. The van der Waals surface area contributed by atoms with Gasteiger partial charge >= 0.3 is 6.09 Å². The molecule has 9 nitrogen and oxygen atoms in total. The second kappa shape index (κ2) is 18.9. The zero-order valence-corrected chi connectivity index (χ0v) is 29.3. The van der Waals surface area contributed by atoms with Gasteiger partial charge in [-0.2, -0.15) is 0 Å². The highest BCUT2D eigenvalue weighted by molar-refractivity contribution is 5.98. The van der Waals surface area contributed by atoms with Crippen molar-refractivity contribution >= 4 is 23.6 Å². The van der Waals surface area contributed by atoms with E-state index in [0.29, 0.717) is 31.5 Å². The number of rotatable bonds is 16. The first-order valence-electron chi connectivity index (χ1n) is 18.0. The van der Waals surface area contributed by atoms with Crippen LogP contribution in [-0.4, -0.2) is 61.7 Å². The molecule has 4 N–H and O–H groups in total. The van der Waals surface area contributed by atoms with E-state index in [1.807, 2.05) is 38.1 Å². The summed E-state index contributed by atoms with van der Waals surface area (Å²) in [5.74, 6) is -1.64. The number of nitrogens with zero attached hydrogens (tertiary/aromatic N) is 1. The van der Waals surface area contributed by atoms with Crippen LogP contribution in [-0.2, 0) is 20.7 Å². The van der Waals surface area contributed by atoms with Gasteiger partial charge in [-0.15, -0.1) is 0 Å². The molecular weight excluding hydrogens is 630 g/mol. The molecule has 2 unspecified atom stereocenters. The van der Waals surface area contributed by atoms with Crippen LogP contribution in [0.4, 0.5) is 19.3 Å². The molecule has 11 heteroatoms. The molecule has 2 fully saturated rings. The Morgan fingerprint density at radius 3 is 2.41 bits per heavy atom. The first-order valence-corrected chi connectivity index (χ1v) is 18.0. The highest BCUT2D eigenvalue weighted by atomic mass is 19.1. The van der Waals surface area contributed by atoms with Gasteiger partial charge in [0, 0.05) is 30.8 Å². The summed E-state index contributed by atoms with van der Waals surface area (Å²) in [7, 11) is 1.26. The maximum Gasteiger partial charge on any atom is 0.406 e. The van der Waals surface area contributed by atoms with Crippen molar-refractivity contribution < 1.29 is 32.6 Å². The zero-order valence-electron chi connectivity index (χ0n) is 29.3. The molecule has 2 aromatic rings. The predicted molar refractivity (Wildman–Crippen MR) is 186 cm³/mol. The molecule has 1 heterocycles. The summed E-state index contributed by atoms with van der Waals surface area (Å²) in [6.45, 7) is 4.93. The number of carbonyl (C=O) groups is 3. The number of benzene rings is 2. The van der Waals surface area contributed by atoms with E-state index >= 15 is 4.39 Å². The molecule has 2 aliphatic rings. The molecule has 1 aliphatic heterocycles. The van der Waals surface area contributed by atoms with Crippen LogP contribution in [0.15, 0.2) is 36.4 Å². The van der Waals surface area contributed by atoms with Crippen molar-refractivity contribution in [1.29, 1.82) is 0 Å². The average Bonchev–Trinajstić information content (AvgIpc) is 3.08. The molecule has 1 saturated heterocycles. The monoisotopic (exact) mass is 684 g/mol. The fourth-order valence-corrected chi connectivity index (χ4v) is 7.16. The molecule has 49 heavy (non-hydrogen) atoms. The molecule has 0 bridgehead atoms. The van der Waals surface area contributed by atoms with E-state index in [1.165, 1.54) is 13.2 Å². The van der Waals surface area contributed by atoms with E-state index in [0.717, 1.165) is 69.4 Å². The maximum absolute atomic E-state index is 15.1. The van der Waals surface area contributed by atoms with Crippen molar-refractivity contribution in [3.63, 3.8) is 0 Å². The second-order valence-corrected chi connectivity index (χ2v) is 14.0. The number of methoxy groups -OCH3 is 1. The number of hydrogen-bond donors (Lipinski definition) is 3. The Hall–Kier alpha value is -3.73. The smallest absolute Gasteiger partial charge is 0.406 e. The van der Waals surface area contributed by atoms with Gasteiger partial charge in [0.25, 0.3) is 0 Å². The van der Waals surface area contributed by atoms with Crippen LogP contribution < -0.4 is 21.1 Å². The van der Waals surface area contributed by atoms with E-state index in [9.17, 15) is 18.8 Å². The number of carbonyl (C=O) groups excluding carboxylic acids is 3. The van der Waals surface area contributed by atoms with Crippen LogP contribution in [0.2, 0.25) is 0 Å². The lowest BCUT2D eigenvalue weighted by molar-refractivity contribution is -0.144. The van der Waals surface area contributed by atoms with Gasteiger partial charge in [0.2, 0.25) is 11.8 Å². The molecule has 3 amide bonds. The number of nitrogens with one attached hydrogen (secondary N) is 2. The van der Waals surface area contributed by atoms with Crippen molar-refractivity contribution in [2.45, 2.75) is 109 Å². The van der Waals surface area contributed by atoms with Crippen molar-refractivity contribution in [1.82, 2.24) is 10.2 Å². The van der Waals surface area contributed by atoms with E-state index in [-0.39, 0.29) is 48.1 Å². The molecular formula is C38H54F2N4O5. The molecule has 0 spiro atoms. The Labute approximate surface area is 289 Å². The van der Waals surface area contributed by atoms with Crippen LogP contribution in [0.1, 0.15) is 102 Å². The van der Waals surface area contributed by atoms with Gasteiger partial charge in [-0.25, -0.2) is 13.6 Å². The van der Waals surface area contributed by atoms with Gasteiger partial charge in [0.1, 0.15) is 11.9 Å². The molecule has 4 rings (SSSR count). The van der Waals surface area contributed by atoms with Crippen molar-refractivity contribution in [2.24, 2.45) is 17.6 Å². The maximum atomic E-state index is 15.1. The van der Waals surface area contributed by atoms with E-state index in [2.05, 4.69) is 15.4 Å². The minimum absolute atomic E-state index is 0.120. The Morgan fingerprint density at radius 2 is 1.71 bits per heavy atom. The Balaban J connectivity index is 1.23. The molecule has 0 aromatic heterocycles. The number of piperidine rings is 1. The van der Waals surface area contributed by atoms with Gasteiger partial charge in [0.05, 0.1) is 19.8 Å². The SMILES string of the molecule is COC(=O)NC[C@@H](CC(C)C)c1cc(F)c(OCCCCCc2ccc(NC(=O)C(C3CCCCC3)N3CCCC(N)C3=O)cc2)cc1F. The fraction of sp³-hybridized carbons (Fsp3) is 0.605. The third-order valence-corrected chi connectivity index (χ3v) is 9.73. The molecule has 1 aliphatic carbocycles. The standard InChI is InChI=1S/C38H54F2N4O5/c1-25(2)21-28(24-42-38(47)48-3)30-22-32(40)34(23-31(30)39)49-20-9-5-6-11-26-15-17-29(18-16-26)43-36(45)35(27-12-7-4-8-13-27)44-19-10-14-33(41)37(44)46/h15-18,22-23,25,27-28,33,35H,4-14,19-21,24,41H2,1-3H3,(H,42,47)(H,43,45)/t28-,33?,35?/m1/s1. The lowest BCUT2D eigenvalue weighted by Gasteiger charge is -2.41. The summed E-state index contributed by atoms with van der Waals surface area (Å²) in [4.78, 5) is 39.8. The summed E-state index contributed by atoms with van der Waals surface area (Å²) in [5, 5.41) is 5.66. The first-order chi connectivity index (χ1) is 23.6. The summed E-state index contributed by atoms with van der Waals surface area (Å²) < 4.78 is 40.2. The molecule has 1 saturated carbocycles. The van der Waals surface area contributed by atoms with Crippen LogP contribution in [0.25, 0.3) is 0 Å². The second-order valence-electron chi connectivity index (χ2n) is 14.0. The highest BCUT2D eigenvalue weighted by Crippen LogP contribution is 2.33. The minimum atomic E-state index is -0.633. The number of amides is 3. The van der Waals surface area contributed by atoms with Gasteiger partial charge in [-0.1, -0.05) is 45.2 Å². The van der Waals surface area contributed by atoms with Crippen molar-refractivity contribution in [3.8, 4) is 5.75 Å². The number of alkyl carbamates (subject to hydrolysis) is 1. The van der Waals surface area contributed by atoms with Gasteiger partial charge in [-0.3, -0.25) is 9.59 Å². The topological polar surface area (TPSA) is 123 Å². The number of hydrogen-bond acceptors (Lipinski definition) is 6. The molecule has 2 aromatic carbocycles. The summed E-state index contributed by atoms with van der Waals surface area (Å²) in [6.07, 6.45) is 9.84. The average molecular weight is 685 g/mol. The van der Waals surface area contributed by atoms with Crippen LogP contribution in [0.3, 0.4) is 0 Å². The molecule has 270 valence electrons.